The molecule has 92 valence electrons. The van der Waals surface area contributed by atoms with Gasteiger partial charge in [-0.1, -0.05) is 20.8 Å². The Labute approximate surface area is 93.9 Å². The molecule has 5 heteroatoms. The third kappa shape index (κ3) is 5.49. The van der Waals surface area contributed by atoms with Gasteiger partial charge in [0.1, 0.15) is 0 Å². The second kappa shape index (κ2) is 5.82. The first-order valence-corrected chi connectivity index (χ1v) is 6.93. The normalized spacial score (nSPS) is 15.3. The average molecular weight is 236 g/mol. The summed E-state index contributed by atoms with van der Waals surface area (Å²) in [6.45, 7) is 8.85. The van der Waals surface area contributed by atoms with Gasteiger partial charge in [0.25, 0.3) is 0 Å². The molecule has 1 unspecified atom stereocenters. The molecule has 0 rings (SSSR count). The van der Waals surface area contributed by atoms with Gasteiger partial charge in [0.15, 0.2) is 0 Å². The summed E-state index contributed by atoms with van der Waals surface area (Å²) >= 11 is 0. The first-order chi connectivity index (χ1) is 6.75. The minimum absolute atomic E-state index is 0.0203. The van der Waals surface area contributed by atoms with Crippen molar-refractivity contribution in [3.63, 3.8) is 0 Å². The Hall–Kier alpha value is -0.130. The minimum atomic E-state index is -3.18. The maximum atomic E-state index is 11.7. The Morgan fingerprint density at radius 1 is 1.33 bits per heavy atom. The molecule has 0 aliphatic carbocycles. The zero-order valence-electron chi connectivity index (χ0n) is 10.4. The van der Waals surface area contributed by atoms with E-state index in [1.807, 2.05) is 0 Å². The van der Waals surface area contributed by atoms with E-state index in [-0.39, 0.29) is 5.41 Å². The molecule has 0 saturated carbocycles. The molecular weight excluding hydrogens is 212 g/mol. The minimum Gasteiger partial charge on any atom is -0.318 e. The smallest absolute Gasteiger partial charge is 0.215 e. The van der Waals surface area contributed by atoms with Gasteiger partial charge in [-0.05, 0) is 25.8 Å². The van der Waals surface area contributed by atoms with E-state index in [1.165, 1.54) is 0 Å². The molecule has 0 bridgehead atoms. The molecule has 0 aliphatic heterocycles. The van der Waals surface area contributed by atoms with Crippen LogP contribution >= 0.6 is 0 Å². The van der Waals surface area contributed by atoms with Crippen molar-refractivity contribution < 1.29 is 8.42 Å². The van der Waals surface area contributed by atoms with Crippen LogP contribution in [0.4, 0.5) is 0 Å². The molecule has 0 aromatic rings. The zero-order chi connectivity index (χ0) is 12.1. The molecule has 0 aromatic carbocycles. The lowest BCUT2D eigenvalue weighted by atomic mass is 9.91. The average Bonchev–Trinajstić information content (AvgIpc) is 2.16. The number of hydrogen-bond acceptors (Lipinski definition) is 3. The fourth-order valence-electron chi connectivity index (χ4n) is 0.960. The van der Waals surface area contributed by atoms with E-state index >= 15 is 0 Å². The van der Waals surface area contributed by atoms with Crippen LogP contribution in [-0.2, 0) is 10.0 Å². The largest absolute Gasteiger partial charge is 0.318 e. The van der Waals surface area contributed by atoms with Crippen LogP contribution < -0.4 is 10.0 Å². The second-order valence-corrected chi connectivity index (χ2v) is 6.94. The SMILES string of the molecule is CCC(C)(C)CNS(=O)(=O)C(C)CNC. The molecule has 1 atom stereocenters. The molecule has 0 aromatic heterocycles. The molecule has 2 N–H and O–H groups in total. The van der Waals surface area contributed by atoms with E-state index in [0.29, 0.717) is 13.1 Å². The molecule has 0 fully saturated rings. The highest BCUT2D eigenvalue weighted by Crippen LogP contribution is 2.18. The van der Waals surface area contributed by atoms with Gasteiger partial charge in [-0.15, -0.1) is 0 Å². The topological polar surface area (TPSA) is 58.2 Å². The summed E-state index contributed by atoms with van der Waals surface area (Å²) in [6.07, 6.45) is 0.954. The van der Waals surface area contributed by atoms with Crippen molar-refractivity contribution in [1.29, 1.82) is 0 Å². The quantitative estimate of drug-likeness (QED) is 0.692. The number of sulfonamides is 1. The van der Waals surface area contributed by atoms with Gasteiger partial charge in [0.05, 0.1) is 5.25 Å². The zero-order valence-corrected chi connectivity index (χ0v) is 11.2. The van der Waals surface area contributed by atoms with Gasteiger partial charge in [-0.25, -0.2) is 13.1 Å². The van der Waals surface area contributed by atoms with Crippen LogP contribution in [0.5, 0.6) is 0 Å². The van der Waals surface area contributed by atoms with Gasteiger partial charge in [-0.3, -0.25) is 0 Å². The van der Waals surface area contributed by atoms with Gasteiger partial charge < -0.3 is 5.32 Å². The van der Waals surface area contributed by atoms with E-state index in [1.54, 1.807) is 14.0 Å². The van der Waals surface area contributed by atoms with Crippen molar-refractivity contribution in [2.24, 2.45) is 5.41 Å². The van der Waals surface area contributed by atoms with Crippen molar-refractivity contribution in [2.75, 3.05) is 20.1 Å². The lowest BCUT2D eigenvalue weighted by Crippen LogP contribution is -2.41. The number of hydrogen-bond donors (Lipinski definition) is 2. The van der Waals surface area contributed by atoms with E-state index < -0.39 is 15.3 Å². The molecule has 0 saturated heterocycles. The standard InChI is InChI=1S/C10H24N2O2S/c1-6-10(3,4)8-12-15(13,14)9(2)7-11-5/h9,11-12H,6-8H2,1-5H3. The molecule has 0 aliphatic rings. The molecule has 15 heavy (non-hydrogen) atoms. The lowest BCUT2D eigenvalue weighted by Gasteiger charge is -2.24. The molecule has 0 spiro atoms. The summed E-state index contributed by atoms with van der Waals surface area (Å²) in [5.41, 5.74) is 0.0203. The van der Waals surface area contributed by atoms with Gasteiger partial charge in [-0.2, -0.15) is 0 Å². The Kier molecular flexibility index (Phi) is 5.77. The van der Waals surface area contributed by atoms with Crippen LogP contribution in [0.1, 0.15) is 34.1 Å². The maximum absolute atomic E-state index is 11.7. The monoisotopic (exact) mass is 236 g/mol. The van der Waals surface area contributed by atoms with E-state index in [4.69, 9.17) is 0 Å². The van der Waals surface area contributed by atoms with Crippen LogP contribution in [-0.4, -0.2) is 33.8 Å². The van der Waals surface area contributed by atoms with Crippen LogP contribution in [0.3, 0.4) is 0 Å². The molecule has 0 amide bonds. The maximum Gasteiger partial charge on any atom is 0.215 e. The summed E-state index contributed by atoms with van der Waals surface area (Å²) in [7, 11) is -1.43. The van der Waals surface area contributed by atoms with Crippen molar-refractivity contribution in [3.8, 4) is 0 Å². The van der Waals surface area contributed by atoms with E-state index in [0.717, 1.165) is 6.42 Å². The molecule has 0 radical (unpaired) electrons. The van der Waals surface area contributed by atoms with Gasteiger partial charge in [0.2, 0.25) is 10.0 Å². The highest BCUT2D eigenvalue weighted by atomic mass is 32.2. The second-order valence-electron chi connectivity index (χ2n) is 4.75. The highest BCUT2D eigenvalue weighted by Gasteiger charge is 2.23. The van der Waals surface area contributed by atoms with Crippen molar-refractivity contribution in [1.82, 2.24) is 10.0 Å². The Morgan fingerprint density at radius 3 is 2.27 bits per heavy atom. The molecular formula is C10H24N2O2S. The predicted molar refractivity (Wildman–Crippen MR) is 64.4 cm³/mol. The Bertz CT molecular complexity index is 273. The van der Waals surface area contributed by atoms with E-state index in [2.05, 4.69) is 30.8 Å². The summed E-state index contributed by atoms with van der Waals surface area (Å²) < 4.78 is 26.1. The fourth-order valence-corrected chi connectivity index (χ4v) is 2.22. The van der Waals surface area contributed by atoms with Crippen LogP contribution in [0.25, 0.3) is 0 Å². The third-order valence-corrected chi connectivity index (χ3v) is 4.50. The summed E-state index contributed by atoms with van der Waals surface area (Å²) in [4.78, 5) is 0. The lowest BCUT2D eigenvalue weighted by molar-refractivity contribution is 0.349. The number of nitrogens with one attached hydrogen (secondary N) is 2. The summed E-state index contributed by atoms with van der Waals surface area (Å²) in [6, 6.07) is 0. The van der Waals surface area contributed by atoms with Crippen LogP contribution in [0.15, 0.2) is 0 Å². The summed E-state index contributed by atoms with van der Waals surface area (Å²) in [5, 5.41) is 2.47. The van der Waals surface area contributed by atoms with Crippen LogP contribution in [0, 0.1) is 5.41 Å². The fraction of sp³-hybridized carbons (Fsp3) is 1.00. The van der Waals surface area contributed by atoms with Crippen LogP contribution in [0.2, 0.25) is 0 Å². The van der Waals surface area contributed by atoms with Crippen molar-refractivity contribution in [2.45, 2.75) is 39.4 Å². The Balaban J connectivity index is 4.28. The molecule has 0 heterocycles. The Morgan fingerprint density at radius 2 is 1.87 bits per heavy atom. The third-order valence-electron chi connectivity index (χ3n) is 2.73. The van der Waals surface area contributed by atoms with Crippen molar-refractivity contribution >= 4 is 10.0 Å². The van der Waals surface area contributed by atoms with Gasteiger partial charge >= 0.3 is 0 Å². The van der Waals surface area contributed by atoms with Gasteiger partial charge in [0, 0.05) is 13.1 Å². The molecule has 4 nitrogen and oxygen atoms in total. The predicted octanol–water partition coefficient (Wildman–Crippen LogP) is 0.950. The highest BCUT2D eigenvalue weighted by molar-refractivity contribution is 7.90. The number of rotatable bonds is 7. The summed E-state index contributed by atoms with van der Waals surface area (Å²) in [5.74, 6) is 0. The van der Waals surface area contributed by atoms with Crippen molar-refractivity contribution in [3.05, 3.63) is 0 Å². The first kappa shape index (κ1) is 14.9. The van der Waals surface area contributed by atoms with E-state index in [9.17, 15) is 8.42 Å². The first-order valence-electron chi connectivity index (χ1n) is 5.38.